The number of morpholine rings is 1. The van der Waals surface area contributed by atoms with Crippen molar-refractivity contribution in [2.75, 3.05) is 39.5 Å². The lowest BCUT2D eigenvalue weighted by Gasteiger charge is -2.33. The van der Waals surface area contributed by atoms with Gasteiger partial charge in [-0.2, -0.15) is 0 Å². The van der Waals surface area contributed by atoms with Crippen LogP contribution in [0.25, 0.3) is 6.08 Å². The molecular formula is C22H26N2O4. The van der Waals surface area contributed by atoms with Gasteiger partial charge in [-0.05, 0) is 48.4 Å². The first-order valence-electron chi connectivity index (χ1n) is 9.79. The van der Waals surface area contributed by atoms with Crippen LogP contribution in [0.3, 0.4) is 0 Å². The first kappa shape index (κ1) is 18.8. The van der Waals surface area contributed by atoms with Gasteiger partial charge in [0, 0.05) is 32.1 Å². The van der Waals surface area contributed by atoms with E-state index >= 15 is 0 Å². The topological polar surface area (TPSA) is 63.9 Å². The SMILES string of the molecule is Cc1ccc(C(CNC(=O)/C=C/c2ccc3c(c2)CCO3)N2CCOCC2)o1. The van der Waals surface area contributed by atoms with Gasteiger partial charge in [0.25, 0.3) is 0 Å². The lowest BCUT2D eigenvalue weighted by atomic mass is 10.1. The monoisotopic (exact) mass is 382 g/mol. The number of hydrogen-bond acceptors (Lipinski definition) is 5. The van der Waals surface area contributed by atoms with E-state index in [9.17, 15) is 4.79 Å². The third-order valence-electron chi connectivity index (χ3n) is 5.19. The van der Waals surface area contributed by atoms with Gasteiger partial charge in [0.05, 0.1) is 25.9 Å². The largest absolute Gasteiger partial charge is 0.493 e. The molecule has 1 unspecified atom stereocenters. The third kappa shape index (κ3) is 4.46. The zero-order valence-corrected chi connectivity index (χ0v) is 16.1. The summed E-state index contributed by atoms with van der Waals surface area (Å²) in [5.41, 5.74) is 2.20. The van der Waals surface area contributed by atoms with Crippen molar-refractivity contribution in [2.45, 2.75) is 19.4 Å². The van der Waals surface area contributed by atoms with Gasteiger partial charge >= 0.3 is 0 Å². The number of benzene rings is 1. The fourth-order valence-electron chi connectivity index (χ4n) is 3.67. The standard InChI is InChI=1S/C22H26N2O4/c1-16-2-5-21(28-16)19(24-9-12-26-13-10-24)15-23-22(25)7-4-17-3-6-20-18(14-17)8-11-27-20/h2-7,14,19H,8-13,15H2,1H3,(H,23,25)/b7-4+. The first-order chi connectivity index (χ1) is 13.7. The van der Waals surface area contributed by atoms with E-state index < -0.39 is 0 Å². The first-order valence-corrected chi connectivity index (χ1v) is 9.79. The number of furan rings is 1. The minimum absolute atomic E-state index is 0.00657. The van der Waals surface area contributed by atoms with Gasteiger partial charge in [0.1, 0.15) is 17.3 Å². The van der Waals surface area contributed by atoms with Crippen LogP contribution in [0, 0.1) is 6.92 Å². The molecule has 2 aliphatic rings. The van der Waals surface area contributed by atoms with Gasteiger partial charge in [0.2, 0.25) is 5.91 Å². The van der Waals surface area contributed by atoms with Crippen molar-refractivity contribution < 1.29 is 18.7 Å². The number of fused-ring (bicyclic) bond motifs is 1. The highest BCUT2D eigenvalue weighted by atomic mass is 16.5. The Hall–Kier alpha value is -2.57. The normalized spacial score (nSPS) is 18.0. The second kappa shape index (κ2) is 8.63. The quantitative estimate of drug-likeness (QED) is 0.779. The van der Waals surface area contributed by atoms with Crippen LogP contribution in [0.1, 0.15) is 28.7 Å². The number of ether oxygens (including phenoxy) is 2. The number of rotatable bonds is 6. The maximum atomic E-state index is 12.4. The molecule has 0 spiro atoms. The number of nitrogens with one attached hydrogen (secondary N) is 1. The molecule has 1 aromatic carbocycles. The second-order valence-corrected chi connectivity index (χ2v) is 7.16. The molecule has 1 amide bonds. The fraction of sp³-hybridized carbons (Fsp3) is 0.409. The lowest BCUT2D eigenvalue weighted by Crippen LogP contribution is -2.43. The van der Waals surface area contributed by atoms with E-state index in [1.165, 1.54) is 5.56 Å². The minimum atomic E-state index is -0.113. The van der Waals surface area contributed by atoms with Crippen LogP contribution in [0.15, 0.2) is 40.8 Å². The summed E-state index contributed by atoms with van der Waals surface area (Å²) in [7, 11) is 0. The van der Waals surface area contributed by atoms with Crippen LogP contribution in [-0.2, 0) is 16.0 Å². The molecule has 1 fully saturated rings. The van der Waals surface area contributed by atoms with Crippen molar-refractivity contribution in [1.82, 2.24) is 10.2 Å². The molecule has 1 atom stereocenters. The van der Waals surface area contributed by atoms with E-state index in [0.717, 1.165) is 49.0 Å². The van der Waals surface area contributed by atoms with E-state index in [-0.39, 0.29) is 11.9 Å². The lowest BCUT2D eigenvalue weighted by molar-refractivity contribution is -0.116. The summed E-state index contributed by atoms with van der Waals surface area (Å²) >= 11 is 0. The van der Waals surface area contributed by atoms with Gasteiger partial charge in [-0.15, -0.1) is 0 Å². The zero-order chi connectivity index (χ0) is 19.3. The Labute approximate surface area is 165 Å². The van der Waals surface area contributed by atoms with Crippen molar-refractivity contribution in [1.29, 1.82) is 0 Å². The van der Waals surface area contributed by atoms with Gasteiger partial charge in [-0.25, -0.2) is 0 Å². The average molecular weight is 382 g/mol. The van der Waals surface area contributed by atoms with Gasteiger partial charge in [-0.3, -0.25) is 9.69 Å². The second-order valence-electron chi connectivity index (χ2n) is 7.16. The van der Waals surface area contributed by atoms with Crippen LogP contribution in [0.5, 0.6) is 5.75 Å². The smallest absolute Gasteiger partial charge is 0.244 e. The minimum Gasteiger partial charge on any atom is -0.493 e. The Balaban J connectivity index is 1.38. The van der Waals surface area contributed by atoms with Gasteiger partial charge < -0.3 is 19.2 Å². The van der Waals surface area contributed by atoms with Crippen LogP contribution in [-0.4, -0.2) is 50.3 Å². The molecule has 1 saturated heterocycles. The van der Waals surface area contributed by atoms with Crippen molar-refractivity contribution >= 4 is 12.0 Å². The predicted molar refractivity (Wildman–Crippen MR) is 106 cm³/mol. The molecular weight excluding hydrogens is 356 g/mol. The summed E-state index contributed by atoms with van der Waals surface area (Å²) < 4.78 is 16.8. The molecule has 3 heterocycles. The van der Waals surface area contributed by atoms with Gasteiger partial charge in [0.15, 0.2) is 0 Å². The maximum absolute atomic E-state index is 12.4. The van der Waals surface area contributed by atoms with Crippen molar-refractivity contribution in [2.24, 2.45) is 0 Å². The molecule has 0 bridgehead atoms. The summed E-state index contributed by atoms with van der Waals surface area (Å²) in [5.74, 6) is 2.59. The van der Waals surface area contributed by atoms with Crippen LogP contribution < -0.4 is 10.1 Å². The van der Waals surface area contributed by atoms with E-state index in [2.05, 4.69) is 16.3 Å². The predicted octanol–water partition coefficient (Wildman–Crippen LogP) is 2.73. The number of nitrogens with zero attached hydrogens (tertiary/aromatic N) is 1. The highest BCUT2D eigenvalue weighted by Gasteiger charge is 2.25. The number of carbonyl (C=O) groups is 1. The van der Waals surface area contributed by atoms with E-state index in [0.29, 0.717) is 19.8 Å². The van der Waals surface area contributed by atoms with Crippen molar-refractivity contribution in [3.63, 3.8) is 0 Å². The third-order valence-corrected chi connectivity index (χ3v) is 5.19. The molecule has 1 N–H and O–H groups in total. The summed E-state index contributed by atoms with van der Waals surface area (Å²) in [6.07, 6.45) is 4.35. The average Bonchev–Trinajstić information content (AvgIpc) is 3.36. The molecule has 0 radical (unpaired) electrons. The molecule has 28 heavy (non-hydrogen) atoms. The Bertz CT molecular complexity index is 852. The molecule has 0 saturated carbocycles. The molecule has 148 valence electrons. The Morgan fingerprint density at radius 1 is 1.21 bits per heavy atom. The maximum Gasteiger partial charge on any atom is 0.244 e. The summed E-state index contributed by atoms with van der Waals surface area (Å²) in [6, 6.07) is 9.97. The molecule has 0 aliphatic carbocycles. The highest BCUT2D eigenvalue weighted by molar-refractivity contribution is 5.91. The van der Waals surface area contributed by atoms with Gasteiger partial charge in [-0.1, -0.05) is 6.07 Å². The number of aryl methyl sites for hydroxylation is 1. The summed E-state index contributed by atoms with van der Waals surface area (Å²) in [5, 5.41) is 3.02. The number of amides is 1. The van der Waals surface area contributed by atoms with Crippen molar-refractivity contribution in [3.05, 3.63) is 59.1 Å². The molecule has 1 aromatic heterocycles. The molecule has 6 heteroatoms. The Morgan fingerprint density at radius 2 is 2.07 bits per heavy atom. The Morgan fingerprint density at radius 3 is 2.86 bits per heavy atom. The fourth-order valence-corrected chi connectivity index (χ4v) is 3.67. The van der Waals surface area contributed by atoms with E-state index in [4.69, 9.17) is 13.9 Å². The zero-order valence-electron chi connectivity index (χ0n) is 16.1. The van der Waals surface area contributed by atoms with E-state index in [1.807, 2.05) is 37.3 Å². The molecule has 6 nitrogen and oxygen atoms in total. The highest BCUT2D eigenvalue weighted by Crippen LogP contribution is 2.26. The number of carbonyl (C=O) groups excluding carboxylic acids is 1. The summed E-state index contributed by atoms with van der Waals surface area (Å²) in [6.45, 7) is 6.22. The molecule has 2 aromatic rings. The summed E-state index contributed by atoms with van der Waals surface area (Å²) in [4.78, 5) is 14.7. The number of hydrogen-bond donors (Lipinski definition) is 1. The molecule has 4 rings (SSSR count). The van der Waals surface area contributed by atoms with Crippen LogP contribution in [0.2, 0.25) is 0 Å². The van der Waals surface area contributed by atoms with Crippen molar-refractivity contribution in [3.8, 4) is 5.75 Å². The molecule has 2 aliphatic heterocycles. The van der Waals surface area contributed by atoms with E-state index in [1.54, 1.807) is 6.08 Å². The Kier molecular flexibility index (Phi) is 5.78. The van der Waals surface area contributed by atoms with Crippen LogP contribution in [0.4, 0.5) is 0 Å². The van der Waals surface area contributed by atoms with Crippen LogP contribution >= 0.6 is 0 Å².